The van der Waals surface area contributed by atoms with Crippen molar-refractivity contribution in [1.82, 2.24) is 4.57 Å². The van der Waals surface area contributed by atoms with Crippen molar-refractivity contribution in [3.63, 3.8) is 0 Å². The number of fused-ring (bicyclic) bond motifs is 1. The van der Waals surface area contributed by atoms with Gasteiger partial charge < -0.3 is 9.88 Å². The fraction of sp³-hybridized carbons (Fsp3) is 0.238. The number of benzene rings is 2. The molecule has 128 valence electrons. The zero-order chi connectivity index (χ0) is 17.8. The number of carbonyl (C=O) groups excluding carboxylic acids is 1. The van der Waals surface area contributed by atoms with Crippen LogP contribution in [0.25, 0.3) is 10.9 Å². The monoisotopic (exact) mass is 334 g/mol. The van der Waals surface area contributed by atoms with Crippen molar-refractivity contribution in [3.05, 3.63) is 76.1 Å². The molecule has 2 aromatic carbocycles. The van der Waals surface area contributed by atoms with Gasteiger partial charge in [0.1, 0.15) is 0 Å². The molecule has 0 saturated heterocycles. The maximum absolute atomic E-state index is 12.7. The largest absolute Gasteiger partial charge is 0.322 e. The molecular weight excluding hydrogens is 312 g/mol. The summed E-state index contributed by atoms with van der Waals surface area (Å²) in [7, 11) is 1.71. The van der Waals surface area contributed by atoms with E-state index in [0.717, 1.165) is 35.9 Å². The van der Waals surface area contributed by atoms with Crippen LogP contribution < -0.4 is 10.9 Å². The van der Waals surface area contributed by atoms with Crippen molar-refractivity contribution in [2.45, 2.75) is 26.2 Å². The number of unbranched alkanes of at least 4 members (excludes halogenated alkanes) is 1. The van der Waals surface area contributed by atoms with Crippen molar-refractivity contribution in [1.29, 1.82) is 0 Å². The summed E-state index contributed by atoms with van der Waals surface area (Å²) >= 11 is 0. The Morgan fingerprint density at radius 3 is 2.52 bits per heavy atom. The van der Waals surface area contributed by atoms with Gasteiger partial charge in [-0.05, 0) is 36.6 Å². The topological polar surface area (TPSA) is 51.1 Å². The molecule has 25 heavy (non-hydrogen) atoms. The lowest BCUT2D eigenvalue weighted by molar-refractivity contribution is 0.102. The molecule has 0 aliphatic rings. The highest BCUT2D eigenvalue weighted by Crippen LogP contribution is 2.18. The first-order chi connectivity index (χ1) is 12.1. The molecule has 1 aromatic heterocycles. The molecule has 0 atom stereocenters. The van der Waals surface area contributed by atoms with Gasteiger partial charge >= 0.3 is 0 Å². The van der Waals surface area contributed by atoms with E-state index in [2.05, 4.69) is 12.2 Å². The smallest absolute Gasteiger partial charge is 0.256 e. The highest BCUT2D eigenvalue weighted by atomic mass is 16.2. The first kappa shape index (κ1) is 17.0. The molecule has 0 saturated carbocycles. The molecule has 0 aliphatic heterocycles. The predicted molar refractivity (Wildman–Crippen MR) is 102 cm³/mol. The van der Waals surface area contributed by atoms with E-state index in [4.69, 9.17) is 0 Å². The molecule has 3 aromatic rings. The van der Waals surface area contributed by atoms with Crippen LogP contribution in [-0.4, -0.2) is 10.5 Å². The number of nitrogens with one attached hydrogen (secondary N) is 1. The Hall–Kier alpha value is -2.88. The van der Waals surface area contributed by atoms with Crippen LogP contribution in [0.2, 0.25) is 0 Å². The normalized spacial score (nSPS) is 10.8. The number of aryl methyl sites for hydroxylation is 2. The quantitative estimate of drug-likeness (QED) is 0.762. The lowest BCUT2D eigenvalue weighted by Gasteiger charge is -2.11. The molecule has 0 aliphatic carbocycles. The van der Waals surface area contributed by atoms with E-state index in [1.54, 1.807) is 11.6 Å². The number of carbonyl (C=O) groups is 1. The molecule has 1 N–H and O–H groups in total. The lowest BCUT2D eigenvalue weighted by atomic mass is 10.1. The summed E-state index contributed by atoms with van der Waals surface area (Å²) in [5, 5.41) is 3.66. The second kappa shape index (κ2) is 7.34. The van der Waals surface area contributed by atoms with E-state index in [1.165, 1.54) is 11.6 Å². The van der Waals surface area contributed by atoms with Crippen LogP contribution in [0.15, 0.2) is 59.4 Å². The zero-order valence-electron chi connectivity index (χ0n) is 14.6. The molecule has 1 amide bonds. The van der Waals surface area contributed by atoms with Crippen molar-refractivity contribution in [2.75, 3.05) is 5.32 Å². The van der Waals surface area contributed by atoms with Crippen LogP contribution >= 0.6 is 0 Å². The third-order valence-electron chi connectivity index (χ3n) is 4.43. The number of para-hydroxylation sites is 1. The van der Waals surface area contributed by atoms with Crippen molar-refractivity contribution in [3.8, 4) is 0 Å². The lowest BCUT2D eigenvalue weighted by Crippen LogP contribution is -2.21. The van der Waals surface area contributed by atoms with Crippen molar-refractivity contribution < 1.29 is 4.79 Å². The Labute approximate surface area is 147 Å². The summed E-state index contributed by atoms with van der Waals surface area (Å²) in [6.07, 6.45) is 3.36. The third-order valence-corrected chi connectivity index (χ3v) is 4.43. The maximum Gasteiger partial charge on any atom is 0.256 e. The minimum Gasteiger partial charge on any atom is -0.322 e. The number of hydrogen-bond donors (Lipinski definition) is 1. The van der Waals surface area contributed by atoms with Gasteiger partial charge in [-0.15, -0.1) is 0 Å². The summed E-state index contributed by atoms with van der Waals surface area (Å²) in [5.74, 6) is -0.268. The van der Waals surface area contributed by atoms with Gasteiger partial charge in [0.2, 0.25) is 0 Å². The molecule has 0 bridgehead atoms. The van der Waals surface area contributed by atoms with Crippen LogP contribution in [0.5, 0.6) is 0 Å². The summed E-state index contributed by atoms with van der Waals surface area (Å²) in [5.41, 5.74) is 2.94. The van der Waals surface area contributed by atoms with Gasteiger partial charge in [-0.25, -0.2) is 0 Å². The molecule has 3 rings (SSSR count). The maximum atomic E-state index is 12.7. The van der Waals surface area contributed by atoms with Gasteiger partial charge in [0.25, 0.3) is 11.5 Å². The Morgan fingerprint density at radius 2 is 1.80 bits per heavy atom. The Balaban J connectivity index is 1.88. The molecule has 0 spiro atoms. The SMILES string of the molecule is CCCCc1ccc(NC(=O)c2cc(=O)n(C)c3ccccc23)cc1. The van der Waals surface area contributed by atoms with Crippen LogP contribution in [0.3, 0.4) is 0 Å². The second-order valence-corrected chi connectivity index (χ2v) is 6.23. The fourth-order valence-electron chi connectivity index (χ4n) is 2.93. The Kier molecular flexibility index (Phi) is 4.98. The predicted octanol–water partition coefficient (Wildman–Crippen LogP) is 4.13. The minimum absolute atomic E-state index is 0.196. The molecule has 0 radical (unpaired) electrons. The summed E-state index contributed by atoms with van der Waals surface area (Å²) in [4.78, 5) is 24.8. The number of amides is 1. The van der Waals surface area contributed by atoms with Crippen LogP contribution in [0.1, 0.15) is 35.7 Å². The van der Waals surface area contributed by atoms with Gasteiger partial charge in [-0.3, -0.25) is 9.59 Å². The first-order valence-electron chi connectivity index (χ1n) is 8.59. The van der Waals surface area contributed by atoms with Crippen molar-refractivity contribution in [2.24, 2.45) is 7.05 Å². The molecule has 4 heteroatoms. The van der Waals surface area contributed by atoms with E-state index in [1.807, 2.05) is 48.5 Å². The molecule has 1 heterocycles. The minimum atomic E-state index is -0.268. The number of pyridine rings is 1. The number of rotatable bonds is 5. The molecule has 0 fully saturated rings. The Morgan fingerprint density at radius 1 is 1.08 bits per heavy atom. The van der Waals surface area contributed by atoms with E-state index < -0.39 is 0 Å². The van der Waals surface area contributed by atoms with E-state index in [0.29, 0.717) is 5.56 Å². The second-order valence-electron chi connectivity index (χ2n) is 6.23. The van der Waals surface area contributed by atoms with Gasteiger partial charge in [-0.2, -0.15) is 0 Å². The summed E-state index contributed by atoms with van der Waals surface area (Å²) in [6, 6.07) is 16.7. The van der Waals surface area contributed by atoms with Gasteiger partial charge in [0, 0.05) is 24.2 Å². The van der Waals surface area contributed by atoms with Crippen LogP contribution in [-0.2, 0) is 13.5 Å². The van der Waals surface area contributed by atoms with Gasteiger partial charge in [-0.1, -0.05) is 43.7 Å². The molecule has 0 unspecified atom stereocenters. The first-order valence-corrected chi connectivity index (χ1v) is 8.59. The summed E-state index contributed by atoms with van der Waals surface area (Å²) < 4.78 is 1.55. The number of hydrogen-bond acceptors (Lipinski definition) is 2. The van der Waals surface area contributed by atoms with Gasteiger partial charge in [0.15, 0.2) is 0 Å². The van der Waals surface area contributed by atoms with Crippen LogP contribution in [0.4, 0.5) is 5.69 Å². The average molecular weight is 334 g/mol. The Bertz CT molecular complexity index is 956. The molecule has 4 nitrogen and oxygen atoms in total. The fourth-order valence-corrected chi connectivity index (χ4v) is 2.93. The van der Waals surface area contributed by atoms with Gasteiger partial charge in [0.05, 0.1) is 11.1 Å². The standard InChI is InChI=1S/C21H22N2O2/c1-3-4-7-15-10-12-16(13-11-15)22-21(25)18-14-20(24)23(2)19-9-6-5-8-17(18)19/h5-6,8-14H,3-4,7H2,1-2H3,(H,22,25). The number of nitrogens with zero attached hydrogens (tertiary/aromatic N) is 1. The van der Waals surface area contributed by atoms with E-state index in [-0.39, 0.29) is 11.5 Å². The summed E-state index contributed by atoms with van der Waals surface area (Å²) in [6.45, 7) is 2.17. The van der Waals surface area contributed by atoms with Crippen LogP contribution in [0, 0.1) is 0 Å². The van der Waals surface area contributed by atoms with Crippen molar-refractivity contribution >= 4 is 22.5 Å². The van der Waals surface area contributed by atoms with E-state index >= 15 is 0 Å². The average Bonchev–Trinajstić information content (AvgIpc) is 2.64. The van der Waals surface area contributed by atoms with E-state index in [9.17, 15) is 9.59 Å². The number of anilines is 1. The highest BCUT2D eigenvalue weighted by Gasteiger charge is 2.13. The molecular formula is C21H22N2O2. The number of aromatic nitrogens is 1. The zero-order valence-corrected chi connectivity index (χ0v) is 14.6. The third kappa shape index (κ3) is 3.63. The highest BCUT2D eigenvalue weighted by molar-refractivity contribution is 6.12.